The van der Waals surface area contributed by atoms with E-state index in [1.165, 1.54) is 0 Å². The zero-order valence-corrected chi connectivity index (χ0v) is 11.1. The summed E-state index contributed by atoms with van der Waals surface area (Å²) in [6.45, 7) is 2.40. The fourth-order valence-electron chi connectivity index (χ4n) is 1.67. The number of amides is 1. The average Bonchev–Trinajstić information content (AvgIpc) is 2.36. The van der Waals surface area contributed by atoms with E-state index < -0.39 is 5.97 Å². The van der Waals surface area contributed by atoms with E-state index in [1.807, 2.05) is 13.0 Å². The molecule has 0 spiro atoms. The van der Waals surface area contributed by atoms with Gasteiger partial charge in [0, 0.05) is 18.5 Å². The van der Waals surface area contributed by atoms with Crippen LogP contribution >= 0.6 is 0 Å². The minimum Gasteiger partial charge on any atom is -0.481 e. The van der Waals surface area contributed by atoms with Crippen molar-refractivity contribution in [1.82, 2.24) is 0 Å². The Labute approximate surface area is 112 Å². The van der Waals surface area contributed by atoms with Gasteiger partial charge in [0.1, 0.15) is 0 Å². The van der Waals surface area contributed by atoms with Crippen molar-refractivity contribution < 1.29 is 14.7 Å². The van der Waals surface area contributed by atoms with Crippen molar-refractivity contribution in [3.05, 3.63) is 29.8 Å². The molecule has 0 bridgehead atoms. The number of rotatable bonds is 7. The SMILES string of the molecule is CC(CN)CC(=O)Nc1cccc(CCC(=O)O)c1. The van der Waals surface area contributed by atoms with E-state index >= 15 is 0 Å². The Morgan fingerprint density at radius 1 is 1.42 bits per heavy atom. The largest absolute Gasteiger partial charge is 0.481 e. The molecule has 5 heteroatoms. The van der Waals surface area contributed by atoms with Gasteiger partial charge >= 0.3 is 5.97 Å². The molecule has 1 atom stereocenters. The molecule has 104 valence electrons. The molecule has 1 aromatic carbocycles. The average molecular weight is 264 g/mol. The molecule has 0 heterocycles. The summed E-state index contributed by atoms with van der Waals surface area (Å²) >= 11 is 0. The number of carbonyl (C=O) groups is 2. The van der Waals surface area contributed by atoms with Crippen LogP contribution in [0.5, 0.6) is 0 Å². The molecule has 1 aromatic rings. The second-order valence-corrected chi connectivity index (χ2v) is 4.69. The summed E-state index contributed by atoms with van der Waals surface area (Å²) in [5.74, 6) is -0.755. The molecule has 0 radical (unpaired) electrons. The number of hydrogen-bond donors (Lipinski definition) is 3. The maximum Gasteiger partial charge on any atom is 0.303 e. The molecule has 0 aliphatic carbocycles. The number of nitrogens with one attached hydrogen (secondary N) is 1. The highest BCUT2D eigenvalue weighted by molar-refractivity contribution is 5.90. The number of hydrogen-bond acceptors (Lipinski definition) is 3. The zero-order valence-electron chi connectivity index (χ0n) is 11.1. The van der Waals surface area contributed by atoms with Gasteiger partial charge in [-0.2, -0.15) is 0 Å². The molecule has 1 rings (SSSR count). The van der Waals surface area contributed by atoms with Gasteiger partial charge in [0.05, 0.1) is 0 Å². The van der Waals surface area contributed by atoms with E-state index in [0.717, 1.165) is 5.56 Å². The molecule has 0 aliphatic rings. The van der Waals surface area contributed by atoms with Gasteiger partial charge in [-0.25, -0.2) is 0 Å². The highest BCUT2D eigenvalue weighted by Crippen LogP contribution is 2.13. The lowest BCUT2D eigenvalue weighted by molar-refractivity contribution is -0.137. The lowest BCUT2D eigenvalue weighted by atomic mass is 10.1. The molecule has 0 saturated heterocycles. The highest BCUT2D eigenvalue weighted by atomic mass is 16.4. The Hall–Kier alpha value is -1.88. The van der Waals surface area contributed by atoms with E-state index in [9.17, 15) is 9.59 Å². The minimum absolute atomic E-state index is 0.0756. The van der Waals surface area contributed by atoms with E-state index in [-0.39, 0.29) is 18.2 Å². The van der Waals surface area contributed by atoms with Gasteiger partial charge in [0.25, 0.3) is 0 Å². The Bertz CT molecular complexity index is 446. The second-order valence-electron chi connectivity index (χ2n) is 4.69. The topological polar surface area (TPSA) is 92.4 Å². The molecule has 1 amide bonds. The summed E-state index contributed by atoms with van der Waals surface area (Å²) < 4.78 is 0. The van der Waals surface area contributed by atoms with Gasteiger partial charge in [-0.05, 0) is 36.6 Å². The summed E-state index contributed by atoms with van der Waals surface area (Å²) in [5.41, 5.74) is 7.06. The van der Waals surface area contributed by atoms with Crippen LogP contribution in [-0.2, 0) is 16.0 Å². The Morgan fingerprint density at radius 2 is 2.16 bits per heavy atom. The standard InChI is InChI=1S/C14H20N2O3/c1-10(9-15)7-13(17)16-12-4-2-3-11(8-12)5-6-14(18)19/h2-4,8,10H,5-7,9,15H2,1H3,(H,16,17)(H,18,19). The van der Waals surface area contributed by atoms with Crippen LogP contribution in [0.1, 0.15) is 25.3 Å². The van der Waals surface area contributed by atoms with Gasteiger partial charge in [0.15, 0.2) is 0 Å². The first-order chi connectivity index (χ1) is 9.01. The van der Waals surface area contributed by atoms with Gasteiger partial charge in [-0.1, -0.05) is 19.1 Å². The zero-order chi connectivity index (χ0) is 14.3. The van der Waals surface area contributed by atoms with Crippen molar-refractivity contribution in [3.63, 3.8) is 0 Å². The van der Waals surface area contributed by atoms with Crippen LogP contribution < -0.4 is 11.1 Å². The van der Waals surface area contributed by atoms with Crippen LogP contribution in [0.15, 0.2) is 24.3 Å². The molecular formula is C14H20N2O3. The molecule has 4 N–H and O–H groups in total. The molecule has 19 heavy (non-hydrogen) atoms. The fourth-order valence-corrected chi connectivity index (χ4v) is 1.67. The Kier molecular flexibility index (Phi) is 6.02. The van der Waals surface area contributed by atoms with E-state index in [2.05, 4.69) is 5.32 Å². The number of carbonyl (C=O) groups excluding carboxylic acids is 1. The third-order valence-corrected chi connectivity index (χ3v) is 2.77. The van der Waals surface area contributed by atoms with Gasteiger partial charge in [-0.15, -0.1) is 0 Å². The monoisotopic (exact) mass is 264 g/mol. The molecule has 0 aromatic heterocycles. The number of nitrogens with two attached hydrogens (primary N) is 1. The molecule has 1 unspecified atom stereocenters. The Balaban J connectivity index is 2.56. The maximum atomic E-state index is 11.7. The smallest absolute Gasteiger partial charge is 0.303 e. The van der Waals surface area contributed by atoms with Crippen molar-refractivity contribution in [3.8, 4) is 0 Å². The fraction of sp³-hybridized carbons (Fsp3) is 0.429. The first-order valence-electron chi connectivity index (χ1n) is 6.32. The molecule has 5 nitrogen and oxygen atoms in total. The van der Waals surface area contributed by atoms with Crippen LogP contribution in [-0.4, -0.2) is 23.5 Å². The third-order valence-electron chi connectivity index (χ3n) is 2.77. The van der Waals surface area contributed by atoms with Crippen LogP contribution in [0.3, 0.4) is 0 Å². The number of aliphatic carboxylic acids is 1. The van der Waals surface area contributed by atoms with Gasteiger partial charge in [0.2, 0.25) is 5.91 Å². The second kappa shape index (κ2) is 7.53. The highest BCUT2D eigenvalue weighted by Gasteiger charge is 2.08. The van der Waals surface area contributed by atoms with E-state index in [0.29, 0.717) is 25.1 Å². The van der Waals surface area contributed by atoms with Gasteiger partial charge in [-0.3, -0.25) is 9.59 Å². The number of benzene rings is 1. The normalized spacial score (nSPS) is 11.9. The first-order valence-corrected chi connectivity index (χ1v) is 6.32. The van der Waals surface area contributed by atoms with Crippen molar-refractivity contribution in [2.75, 3.05) is 11.9 Å². The molecule has 0 fully saturated rings. The molecule has 0 saturated carbocycles. The summed E-state index contributed by atoms with van der Waals surface area (Å²) in [6.07, 6.45) is 0.926. The predicted octanol–water partition coefficient (Wildman–Crippen LogP) is 1.63. The summed E-state index contributed by atoms with van der Waals surface area (Å²) in [5, 5.41) is 11.4. The number of carboxylic acid groups (broad SMARTS) is 1. The number of aryl methyl sites for hydroxylation is 1. The summed E-state index contributed by atoms with van der Waals surface area (Å²) in [6, 6.07) is 7.24. The van der Waals surface area contributed by atoms with Gasteiger partial charge < -0.3 is 16.2 Å². The lowest BCUT2D eigenvalue weighted by Gasteiger charge is -2.10. The van der Waals surface area contributed by atoms with Crippen molar-refractivity contribution >= 4 is 17.6 Å². The number of anilines is 1. The summed E-state index contributed by atoms with van der Waals surface area (Å²) in [7, 11) is 0. The first kappa shape index (κ1) is 15.2. The molecular weight excluding hydrogens is 244 g/mol. The van der Waals surface area contributed by atoms with Crippen LogP contribution in [0.25, 0.3) is 0 Å². The predicted molar refractivity (Wildman–Crippen MR) is 73.9 cm³/mol. The van der Waals surface area contributed by atoms with Crippen molar-refractivity contribution in [1.29, 1.82) is 0 Å². The number of carboxylic acids is 1. The maximum absolute atomic E-state index is 11.7. The van der Waals surface area contributed by atoms with Crippen molar-refractivity contribution in [2.24, 2.45) is 11.7 Å². The van der Waals surface area contributed by atoms with Crippen LogP contribution in [0.4, 0.5) is 5.69 Å². The van der Waals surface area contributed by atoms with Crippen LogP contribution in [0.2, 0.25) is 0 Å². The third kappa shape index (κ3) is 6.01. The minimum atomic E-state index is -0.828. The lowest BCUT2D eigenvalue weighted by Crippen LogP contribution is -2.20. The van der Waals surface area contributed by atoms with Crippen molar-refractivity contribution in [2.45, 2.75) is 26.2 Å². The van der Waals surface area contributed by atoms with Crippen LogP contribution in [0, 0.1) is 5.92 Å². The van der Waals surface area contributed by atoms with E-state index in [1.54, 1.807) is 18.2 Å². The molecule has 0 aliphatic heterocycles. The quantitative estimate of drug-likeness (QED) is 0.697. The van der Waals surface area contributed by atoms with E-state index in [4.69, 9.17) is 10.8 Å². The summed E-state index contributed by atoms with van der Waals surface area (Å²) in [4.78, 5) is 22.2. The Morgan fingerprint density at radius 3 is 2.79 bits per heavy atom.